The van der Waals surface area contributed by atoms with Gasteiger partial charge in [-0.15, -0.1) is 11.8 Å². The minimum atomic E-state index is -4.81. The van der Waals surface area contributed by atoms with Crippen molar-refractivity contribution >= 4 is 45.8 Å². The maximum Gasteiger partial charge on any atom is 0.400 e. The Labute approximate surface area is 175 Å². The summed E-state index contributed by atoms with van der Waals surface area (Å²) in [6, 6.07) is 2.70. The van der Waals surface area contributed by atoms with Crippen molar-refractivity contribution in [2.75, 3.05) is 11.5 Å². The number of alkyl halides is 6. The van der Waals surface area contributed by atoms with Gasteiger partial charge in [-0.3, -0.25) is 4.21 Å². The van der Waals surface area contributed by atoms with Crippen molar-refractivity contribution in [1.82, 2.24) is 0 Å². The van der Waals surface area contributed by atoms with Crippen molar-refractivity contribution in [3.05, 3.63) is 45.9 Å². The van der Waals surface area contributed by atoms with Crippen LogP contribution in [0.2, 0.25) is 10.0 Å². The largest absolute Gasteiger partial charge is 0.400 e. The van der Waals surface area contributed by atoms with Crippen LogP contribution in [0.1, 0.15) is 0 Å². The molecule has 0 aliphatic heterocycles. The molecule has 2 aromatic rings. The van der Waals surface area contributed by atoms with E-state index < -0.39 is 67.3 Å². The lowest BCUT2D eigenvalue weighted by atomic mass is 10.0. The molecule has 0 fully saturated rings. The molecule has 0 N–H and O–H groups in total. The molecule has 160 valence electrons. The van der Waals surface area contributed by atoms with E-state index in [9.17, 15) is 39.3 Å². The fraction of sp³-hybridized carbons (Fsp3) is 0.250. The molecular formula is C16H8Cl2F8OS2. The highest BCUT2D eigenvalue weighted by Gasteiger charge is 2.32. The second-order valence-electron chi connectivity index (χ2n) is 5.53. The lowest BCUT2D eigenvalue weighted by molar-refractivity contribution is -0.106. The van der Waals surface area contributed by atoms with E-state index in [2.05, 4.69) is 0 Å². The molecule has 1 nitrogen and oxygen atoms in total. The van der Waals surface area contributed by atoms with E-state index in [0.717, 1.165) is 6.07 Å². The Morgan fingerprint density at radius 1 is 0.828 bits per heavy atom. The van der Waals surface area contributed by atoms with Crippen LogP contribution in [-0.2, 0) is 10.8 Å². The Morgan fingerprint density at radius 2 is 1.34 bits per heavy atom. The molecule has 29 heavy (non-hydrogen) atoms. The summed E-state index contributed by atoms with van der Waals surface area (Å²) in [5.74, 6) is -5.44. The van der Waals surface area contributed by atoms with Gasteiger partial charge in [0, 0.05) is 16.0 Å². The van der Waals surface area contributed by atoms with Crippen LogP contribution in [-0.4, -0.2) is 28.1 Å². The van der Waals surface area contributed by atoms with Crippen LogP contribution < -0.4 is 0 Å². The normalized spacial score (nSPS) is 13.6. The van der Waals surface area contributed by atoms with Crippen LogP contribution in [0.25, 0.3) is 11.1 Å². The van der Waals surface area contributed by atoms with Crippen molar-refractivity contribution in [3.63, 3.8) is 0 Å². The Balaban J connectivity index is 2.53. The Hall–Kier alpha value is -1.04. The Bertz CT molecular complexity index is 944. The van der Waals surface area contributed by atoms with Gasteiger partial charge in [-0.2, -0.15) is 26.3 Å². The summed E-state index contributed by atoms with van der Waals surface area (Å²) in [4.78, 5) is -0.827. The third-order valence-corrected chi connectivity index (χ3v) is 6.65. The molecule has 0 saturated carbocycles. The molecule has 1 atom stereocenters. The standard InChI is InChI=1S/C16H8Cl2F8OS2/c17-9-3-11(19)7(1-13(9)28-5-15(21,22)23)8-2-14(10(18)4-12(8)20)29(27)6-16(24,25)26/h1-4H,5-6H2/t29-/m0/s1. The number of hydrogen-bond acceptors (Lipinski definition) is 2. The van der Waals surface area contributed by atoms with Gasteiger partial charge in [0.05, 0.1) is 31.5 Å². The molecule has 0 unspecified atom stereocenters. The van der Waals surface area contributed by atoms with Crippen LogP contribution >= 0.6 is 35.0 Å². The van der Waals surface area contributed by atoms with Gasteiger partial charge >= 0.3 is 12.4 Å². The average molecular weight is 503 g/mol. The summed E-state index contributed by atoms with van der Waals surface area (Å²) >= 11 is 11.6. The molecule has 0 aromatic heterocycles. The molecule has 0 radical (unpaired) electrons. The zero-order valence-corrected chi connectivity index (χ0v) is 16.9. The van der Waals surface area contributed by atoms with Crippen LogP contribution in [0.5, 0.6) is 0 Å². The molecule has 2 rings (SSSR count). The highest BCUT2D eigenvalue weighted by Crippen LogP contribution is 2.39. The Kier molecular flexibility index (Phi) is 7.51. The molecular weight excluding hydrogens is 495 g/mol. The highest BCUT2D eigenvalue weighted by atomic mass is 35.5. The minimum absolute atomic E-state index is 0.218. The second kappa shape index (κ2) is 8.99. The van der Waals surface area contributed by atoms with Gasteiger partial charge in [-0.25, -0.2) is 8.78 Å². The van der Waals surface area contributed by atoms with E-state index in [1.807, 2.05) is 0 Å². The number of rotatable bonds is 5. The van der Waals surface area contributed by atoms with Gasteiger partial charge in [0.15, 0.2) is 0 Å². The van der Waals surface area contributed by atoms with E-state index in [0.29, 0.717) is 18.2 Å². The zero-order chi connectivity index (χ0) is 22.1. The number of benzene rings is 2. The smallest absolute Gasteiger partial charge is 0.254 e. The topological polar surface area (TPSA) is 17.1 Å². The fourth-order valence-corrected chi connectivity index (χ4v) is 4.56. The quantitative estimate of drug-likeness (QED) is 0.316. The summed E-state index contributed by atoms with van der Waals surface area (Å²) < 4.78 is 115. The zero-order valence-electron chi connectivity index (χ0n) is 13.7. The summed E-state index contributed by atoms with van der Waals surface area (Å²) in [5.41, 5.74) is -1.19. The van der Waals surface area contributed by atoms with Crippen LogP contribution in [0, 0.1) is 11.6 Å². The SMILES string of the molecule is O=[S@@](CC(F)(F)F)c1cc(-c2cc(SCC(F)(F)F)c(Cl)cc2F)c(F)cc1Cl. The predicted molar refractivity (Wildman–Crippen MR) is 95.9 cm³/mol. The third-order valence-electron chi connectivity index (χ3n) is 3.26. The van der Waals surface area contributed by atoms with E-state index in [1.165, 1.54) is 0 Å². The van der Waals surface area contributed by atoms with Crippen LogP contribution in [0.15, 0.2) is 34.1 Å². The first-order valence-corrected chi connectivity index (χ1v) is 10.4. The first kappa shape index (κ1) is 24.2. The molecule has 0 amide bonds. The second-order valence-corrected chi connectivity index (χ2v) is 8.78. The molecule has 13 heteroatoms. The van der Waals surface area contributed by atoms with E-state index in [4.69, 9.17) is 23.2 Å². The van der Waals surface area contributed by atoms with Crippen molar-refractivity contribution in [2.45, 2.75) is 22.1 Å². The number of halogens is 10. The molecule has 0 heterocycles. The summed E-state index contributed by atoms with van der Waals surface area (Å²) in [7, 11) is -2.71. The van der Waals surface area contributed by atoms with Crippen LogP contribution in [0.3, 0.4) is 0 Å². The lowest BCUT2D eigenvalue weighted by Gasteiger charge is -2.14. The average Bonchev–Trinajstić information content (AvgIpc) is 2.52. The minimum Gasteiger partial charge on any atom is -0.254 e. The number of hydrogen-bond donors (Lipinski definition) is 0. The van der Waals surface area contributed by atoms with Gasteiger partial charge in [-0.05, 0) is 24.3 Å². The van der Waals surface area contributed by atoms with Crippen molar-refractivity contribution < 1.29 is 39.3 Å². The summed E-state index contributed by atoms with van der Waals surface area (Å²) in [6.07, 6.45) is -9.37. The van der Waals surface area contributed by atoms with Crippen molar-refractivity contribution in [3.8, 4) is 11.1 Å². The molecule has 0 saturated heterocycles. The van der Waals surface area contributed by atoms with E-state index >= 15 is 0 Å². The van der Waals surface area contributed by atoms with Crippen molar-refractivity contribution in [2.24, 2.45) is 0 Å². The van der Waals surface area contributed by atoms with E-state index in [-0.39, 0.29) is 21.7 Å². The molecule has 0 aliphatic rings. The summed E-state index contributed by atoms with van der Waals surface area (Å²) in [6.45, 7) is 0. The molecule has 2 aromatic carbocycles. The van der Waals surface area contributed by atoms with E-state index in [1.54, 1.807) is 0 Å². The third kappa shape index (κ3) is 6.73. The van der Waals surface area contributed by atoms with Gasteiger partial charge in [0.25, 0.3) is 0 Å². The summed E-state index contributed by atoms with van der Waals surface area (Å²) in [5, 5.41) is -0.939. The van der Waals surface area contributed by atoms with Gasteiger partial charge in [-0.1, -0.05) is 23.2 Å². The van der Waals surface area contributed by atoms with Gasteiger partial charge in [0.1, 0.15) is 17.4 Å². The maximum absolute atomic E-state index is 14.3. The molecule has 0 bridgehead atoms. The predicted octanol–water partition coefficient (Wildman–Crippen LogP) is 7.26. The van der Waals surface area contributed by atoms with Gasteiger partial charge < -0.3 is 0 Å². The first-order valence-electron chi connectivity index (χ1n) is 7.31. The lowest BCUT2D eigenvalue weighted by Crippen LogP contribution is -2.18. The fourth-order valence-electron chi connectivity index (χ4n) is 2.14. The maximum atomic E-state index is 14.3. The number of thioether (sulfide) groups is 1. The highest BCUT2D eigenvalue weighted by molar-refractivity contribution is 7.99. The molecule has 0 spiro atoms. The van der Waals surface area contributed by atoms with Crippen molar-refractivity contribution in [1.29, 1.82) is 0 Å². The van der Waals surface area contributed by atoms with Gasteiger partial charge in [0.2, 0.25) is 0 Å². The van der Waals surface area contributed by atoms with Crippen LogP contribution in [0.4, 0.5) is 35.1 Å². The first-order chi connectivity index (χ1) is 13.2. The monoisotopic (exact) mass is 502 g/mol. The Morgan fingerprint density at radius 3 is 1.86 bits per heavy atom. The molecule has 0 aliphatic carbocycles.